The standard InChI is InChI=1S/C22H14Br6O2/c1-2-12-3-4-13(10-29-21-17(25)6-15(23)7-18(21)26)14(5-12)11-30-22-19(27)8-16(24)9-20(22)28/h2-9H,1,10-11H2. The fraction of sp³-hybridized carbons (Fsp3) is 0.0909. The zero-order valence-electron chi connectivity index (χ0n) is 15.3. The Bertz CT molecular complexity index is 1050. The van der Waals surface area contributed by atoms with Gasteiger partial charge in [0.25, 0.3) is 0 Å². The average molecular weight is 790 g/mol. The Morgan fingerprint density at radius 1 is 0.633 bits per heavy atom. The van der Waals surface area contributed by atoms with Gasteiger partial charge in [-0.1, -0.05) is 56.6 Å². The third kappa shape index (κ3) is 6.23. The summed E-state index contributed by atoms with van der Waals surface area (Å²) in [5.41, 5.74) is 3.09. The number of ether oxygens (including phenoxy) is 2. The zero-order valence-corrected chi connectivity index (χ0v) is 24.8. The van der Waals surface area contributed by atoms with Crippen molar-refractivity contribution in [3.05, 3.63) is 92.6 Å². The van der Waals surface area contributed by atoms with Crippen LogP contribution in [0.5, 0.6) is 11.5 Å². The SMILES string of the molecule is C=Cc1ccc(COc2c(Br)cc(Br)cc2Br)c(COc2c(Br)cc(Br)cc2Br)c1. The predicted octanol–water partition coefficient (Wildman–Crippen LogP) is 10.1. The Morgan fingerprint density at radius 3 is 1.50 bits per heavy atom. The minimum Gasteiger partial charge on any atom is -0.487 e. The van der Waals surface area contributed by atoms with E-state index in [0.29, 0.717) is 13.2 Å². The lowest BCUT2D eigenvalue weighted by atomic mass is 10.0. The van der Waals surface area contributed by atoms with E-state index in [9.17, 15) is 0 Å². The molecule has 0 radical (unpaired) electrons. The van der Waals surface area contributed by atoms with Gasteiger partial charge in [-0.25, -0.2) is 0 Å². The van der Waals surface area contributed by atoms with E-state index in [2.05, 4.69) is 108 Å². The third-order valence-corrected chi connectivity index (χ3v) is 7.41. The van der Waals surface area contributed by atoms with Crippen LogP contribution in [0.15, 0.2) is 75.9 Å². The van der Waals surface area contributed by atoms with E-state index < -0.39 is 0 Å². The lowest BCUT2D eigenvalue weighted by Crippen LogP contribution is -2.05. The van der Waals surface area contributed by atoms with Gasteiger partial charge in [0.2, 0.25) is 0 Å². The van der Waals surface area contributed by atoms with Gasteiger partial charge in [-0.2, -0.15) is 0 Å². The largest absolute Gasteiger partial charge is 0.487 e. The highest BCUT2D eigenvalue weighted by Crippen LogP contribution is 2.38. The van der Waals surface area contributed by atoms with Crippen LogP contribution in [0.1, 0.15) is 16.7 Å². The molecule has 0 spiro atoms. The van der Waals surface area contributed by atoms with Crippen molar-refractivity contribution in [1.29, 1.82) is 0 Å². The predicted molar refractivity (Wildman–Crippen MR) is 144 cm³/mol. The highest BCUT2D eigenvalue weighted by Gasteiger charge is 2.13. The minimum atomic E-state index is 0.391. The Morgan fingerprint density at radius 2 is 1.07 bits per heavy atom. The van der Waals surface area contributed by atoms with Gasteiger partial charge in [0, 0.05) is 8.95 Å². The lowest BCUT2D eigenvalue weighted by molar-refractivity contribution is 0.281. The molecule has 30 heavy (non-hydrogen) atoms. The lowest BCUT2D eigenvalue weighted by Gasteiger charge is -2.16. The first-order chi connectivity index (χ1) is 14.3. The van der Waals surface area contributed by atoms with E-state index in [1.54, 1.807) is 0 Å². The second-order valence-corrected chi connectivity index (χ2v) is 11.5. The molecule has 3 aromatic rings. The Hall–Kier alpha value is -0.120. The van der Waals surface area contributed by atoms with Crippen LogP contribution in [0.2, 0.25) is 0 Å². The van der Waals surface area contributed by atoms with Crippen LogP contribution >= 0.6 is 95.6 Å². The molecule has 3 rings (SSSR count). The molecule has 3 aromatic carbocycles. The molecule has 0 saturated carbocycles. The second kappa shape index (κ2) is 11.1. The number of hydrogen-bond donors (Lipinski definition) is 0. The molecule has 0 N–H and O–H groups in total. The molecule has 156 valence electrons. The van der Waals surface area contributed by atoms with E-state index >= 15 is 0 Å². The average Bonchev–Trinajstić information content (AvgIpc) is 2.67. The van der Waals surface area contributed by atoms with Crippen LogP contribution in [-0.4, -0.2) is 0 Å². The van der Waals surface area contributed by atoms with E-state index in [0.717, 1.165) is 55.0 Å². The van der Waals surface area contributed by atoms with Crippen molar-refractivity contribution < 1.29 is 9.47 Å². The van der Waals surface area contributed by atoms with Gasteiger partial charge in [0.1, 0.15) is 24.7 Å². The third-order valence-electron chi connectivity index (χ3n) is 4.14. The van der Waals surface area contributed by atoms with Gasteiger partial charge in [-0.15, -0.1) is 0 Å². The molecule has 0 fully saturated rings. The van der Waals surface area contributed by atoms with Crippen molar-refractivity contribution in [3.63, 3.8) is 0 Å². The quantitative estimate of drug-likeness (QED) is 0.238. The van der Waals surface area contributed by atoms with E-state index in [1.807, 2.05) is 42.5 Å². The second-order valence-electron chi connectivity index (χ2n) is 6.21. The first-order valence-corrected chi connectivity index (χ1v) is 13.3. The van der Waals surface area contributed by atoms with Crippen LogP contribution in [0.4, 0.5) is 0 Å². The topological polar surface area (TPSA) is 18.5 Å². The number of hydrogen-bond acceptors (Lipinski definition) is 2. The summed E-state index contributed by atoms with van der Waals surface area (Å²) in [6, 6.07) is 13.9. The highest BCUT2D eigenvalue weighted by molar-refractivity contribution is 9.12. The van der Waals surface area contributed by atoms with Gasteiger partial charge in [0.05, 0.1) is 17.9 Å². The molecule has 0 bridgehead atoms. The smallest absolute Gasteiger partial charge is 0.148 e. The van der Waals surface area contributed by atoms with Crippen molar-refractivity contribution in [2.24, 2.45) is 0 Å². The molecule has 0 aliphatic rings. The van der Waals surface area contributed by atoms with E-state index in [4.69, 9.17) is 9.47 Å². The van der Waals surface area contributed by atoms with Crippen LogP contribution < -0.4 is 9.47 Å². The Balaban J connectivity index is 1.84. The zero-order chi connectivity index (χ0) is 21.8. The molecule has 0 saturated heterocycles. The molecule has 0 atom stereocenters. The van der Waals surface area contributed by atoms with E-state index in [1.165, 1.54) is 0 Å². The van der Waals surface area contributed by atoms with Crippen molar-refractivity contribution in [2.75, 3.05) is 0 Å². The number of rotatable bonds is 7. The Kier molecular flexibility index (Phi) is 9.11. The summed E-state index contributed by atoms with van der Waals surface area (Å²) >= 11 is 21.2. The van der Waals surface area contributed by atoms with Gasteiger partial charge < -0.3 is 9.47 Å². The highest BCUT2D eigenvalue weighted by atomic mass is 79.9. The van der Waals surface area contributed by atoms with Gasteiger partial charge in [0.15, 0.2) is 0 Å². The molecular weight excluding hydrogens is 776 g/mol. The molecule has 0 aliphatic carbocycles. The number of halogens is 6. The minimum absolute atomic E-state index is 0.391. The van der Waals surface area contributed by atoms with Crippen molar-refractivity contribution >= 4 is 102 Å². The fourth-order valence-corrected chi connectivity index (χ4v) is 7.66. The van der Waals surface area contributed by atoms with Crippen molar-refractivity contribution in [2.45, 2.75) is 13.2 Å². The molecule has 2 nitrogen and oxygen atoms in total. The summed E-state index contributed by atoms with van der Waals surface area (Å²) in [4.78, 5) is 0. The summed E-state index contributed by atoms with van der Waals surface area (Å²) in [7, 11) is 0. The normalized spacial score (nSPS) is 10.7. The van der Waals surface area contributed by atoms with Crippen LogP contribution in [0.25, 0.3) is 6.08 Å². The first-order valence-electron chi connectivity index (χ1n) is 8.57. The molecule has 0 aliphatic heterocycles. The number of benzene rings is 3. The molecule has 8 heteroatoms. The van der Waals surface area contributed by atoms with Gasteiger partial charge in [-0.05, 0) is 111 Å². The summed E-state index contributed by atoms with van der Waals surface area (Å²) < 4.78 is 17.6. The maximum atomic E-state index is 6.13. The summed E-state index contributed by atoms with van der Waals surface area (Å²) in [6.45, 7) is 4.66. The van der Waals surface area contributed by atoms with Crippen molar-refractivity contribution in [3.8, 4) is 11.5 Å². The maximum Gasteiger partial charge on any atom is 0.148 e. The van der Waals surface area contributed by atoms with Crippen molar-refractivity contribution in [1.82, 2.24) is 0 Å². The van der Waals surface area contributed by atoms with Gasteiger partial charge >= 0.3 is 0 Å². The first kappa shape index (κ1) is 24.5. The summed E-state index contributed by atoms with van der Waals surface area (Å²) in [6.07, 6.45) is 1.82. The van der Waals surface area contributed by atoms with Crippen LogP contribution in [-0.2, 0) is 13.2 Å². The fourth-order valence-electron chi connectivity index (χ4n) is 2.68. The molecule has 0 heterocycles. The van der Waals surface area contributed by atoms with Crippen LogP contribution in [0.3, 0.4) is 0 Å². The molecule has 0 amide bonds. The summed E-state index contributed by atoms with van der Waals surface area (Å²) in [5.74, 6) is 1.49. The molecule has 0 aromatic heterocycles. The summed E-state index contributed by atoms with van der Waals surface area (Å²) in [5, 5.41) is 0. The van der Waals surface area contributed by atoms with E-state index in [-0.39, 0.29) is 0 Å². The molecule has 0 unspecified atom stereocenters. The molecular formula is C22H14Br6O2. The van der Waals surface area contributed by atoms with Gasteiger partial charge in [-0.3, -0.25) is 0 Å². The Labute approximate surface area is 226 Å². The maximum absolute atomic E-state index is 6.13. The monoisotopic (exact) mass is 784 g/mol. The van der Waals surface area contributed by atoms with Crippen LogP contribution in [0, 0.1) is 0 Å².